The van der Waals surface area contributed by atoms with Crippen molar-refractivity contribution in [3.8, 4) is 0 Å². The second-order valence-electron chi connectivity index (χ2n) is 4.29. The van der Waals surface area contributed by atoms with Gasteiger partial charge in [-0.25, -0.2) is 13.4 Å². The molecule has 90 valence electrons. The second-order valence-corrected chi connectivity index (χ2v) is 7.60. The number of hydrogen-bond donors (Lipinski definition) is 1. The van der Waals surface area contributed by atoms with Gasteiger partial charge in [0.1, 0.15) is 10.8 Å². The Bertz CT molecular complexity index is 475. The Morgan fingerprint density at radius 2 is 2.19 bits per heavy atom. The Balaban J connectivity index is 2.23. The molecule has 1 aromatic heterocycles. The molecule has 0 aromatic carbocycles. The summed E-state index contributed by atoms with van der Waals surface area (Å²) in [5.74, 6) is 0.647. The quantitative estimate of drug-likeness (QED) is 0.866. The standard InChI is InChI=1S/C10H16N2O2S2/c1-11-5-8-10(7-3-4-7)12-9(15-8)6-16(2,13)14/h7,11H,3-6H2,1-2H3. The molecule has 0 radical (unpaired) electrons. The van der Waals surface area contributed by atoms with Crippen LogP contribution in [0.15, 0.2) is 0 Å². The molecule has 16 heavy (non-hydrogen) atoms. The predicted molar refractivity (Wildman–Crippen MR) is 65.4 cm³/mol. The summed E-state index contributed by atoms with van der Waals surface area (Å²) in [5.41, 5.74) is 1.12. The van der Waals surface area contributed by atoms with Gasteiger partial charge >= 0.3 is 0 Å². The van der Waals surface area contributed by atoms with Crippen molar-refractivity contribution in [3.63, 3.8) is 0 Å². The van der Waals surface area contributed by atoms with Crippen molar-refractivity contribution >= 4 is 21.2 Å². The first kappa shape index (κ1) is 12.0. The molecule has 0 unspecified atom stereocenters. The van der Waals surface area contributed by atoms with Crippen molar-refractivity contribution in [2.75, 3.05) is 13.3 Å². The lowest BCUT2D eigenvalue weighted by Crippen LogP contribution is -2.05. The van der Waals surface area contributed by atoms with Gasteiger partial charge in [0.2, 0.25) is 0 Å². The first-order chi connectivity index (χ1) is 7.49. The van der Waals surface area contributed by atoms with Crippen LogP contribution in [-0.2, 0) is 22.1 Å². The molecule has 1 aliphatic carbocycles. The van der Waals surface area contributed by atoms with E-state index in [4.69, 9.17) is 0 Å². The van der Waals surface area contributed by atoms with E-state index in [2.05, 4.69) is 10.3 Å². The van der Waals surface area contributed by atoms with Gasteiger partial charge in [0, 0.05) is 23.6 Å². The third kappa shape index (κ3) is 3.02. The van der Waals surface area contributed by atoms with Crippen molar-refractivity contribution in [3.05, 3.63) is 15.6 Å². The van der Waals surface area contributed by atoms with Crippen molar-refractivity contribution in [2.45, 2.75) is 31.1 Å². The number of hydrogen-bond acceptors (Lipinski definition) is 5. The largest absolute Gasteiger partial charge is 0.315 e. The van der Waals surface area contributed by atoms with E-state index in [1.165, 1.54) is 35.3 Å². The van der Waals surface area contributed by atoms with Crippen LogP contribution in [0.1, 0.15) is 34.3 Å². The lowest BCUT2D eigenvalue weighted by molar-refractivity contribution is 0.601. The van der Waals surface area contributed by atoms with Crippen LogP contribution < -0.4 is 5.32 Å². The van der Waals surface area contributed by atoms with Crippen LogP contribution in [0.2, 0.25) is 0 Å². The Kier molecular flexibility index (Phi) is 3.32. The number of nitrogens with one attached hydrogen (secondary N) is 1. The van der Waals surface area contributed by atoms with E-state index in [1.807, 2.05) is 7.05 Å². The highest BCUT2D eigenvalue weighted by atomic mass is 32.2. The molecule has 1 aliphatic rings. The molecule has 0 bridgehead atoms. The smallest absolute Gasteiger partial charge is 0.153 e. The molecule has 0 atom stereocenters. The third-order valence-corrected chi connectivity index (χ3v) is 4.51. The maximum atomic E-state index is 11.2. The summed E-state index contributed by atoms with van der Waals surface area (Å²) in [6.45, 7) is 0.785. The number of thiazole rings is 1. The molecule has 0 saturated heterocycles. The Labute approximate surface area is 100 Å². The lowest BCUT2D eigenvalue weighted by atomic mass is 10.2. The van der Waals surface area contributed by atoms with Gasteiger partial charge in [-0.05, 0) is 19.9 Å². The van der Waals surface area contributed by atoms with Crippen LogP contribution >= 0.6 is 11.3 Å². The second kappa shape index (κ2) is 4.43. The van der Waals surface area contributed by atoms with E-state index >= 15 is 0 Å². The minimum absolute atomic E-state index is 0.0705. The summed E-state index contributed by atoms with van der Waals surface area (Å²) in [6.07, 6.45) is 3.64. The Hall–Kier alpha value is -0.460. The zero-order valence-corrected chi connectivity index (χ0v) is 11.1. The van der Waals surface area contributed by atoms with Gasteiger partial charge in [0.25, 0.3) is 0 Å². The van der Waals surface area contributed by atoms with Gasteiger partial charge < -0.3 is 5.32 Å². The summed E-state index contributed by atoms with van der Waals surface area (Å²) >= 11 is 1.53. The number of nitrogens with zero attached hydrogens (tertiary/aromatic N) is 1. The van der Waals surface area contributed by atoms with E-state index in [0.717, 1.165) is 17.2 Å². The minimum atomic E-state index is -2.97. The molecule has 1 aromatic rings. The van der Waals surface area contributed by atoms with E-state index < -0.39 is 9.84 Å². The molecule has 1 heterocycles. The maximum Gasteiger partial charge on any atom is 0.153 e. The van der Waals surface area contributed by atoms with Gasteiger partial charge in [-0.2, -0.15) is 0 Å². The van der Waals surface area contributed by atoms with E-state index in [9.17, 15) is 8.42 Å². The highest BCUT2D eigenvalue weighted by molar-refractivity contribution is 7.90. The van der Waals surface area contributed by atoms with Crippen molar-refractivity contribution in [2.24, 2.45) is 0 Å². The summed E-state index contributed by atoms with van der Waals surface area (Å²) in [6, 6.07) is 0. The van der Waals surface area contributed by atoms with Crippen molar-refractivity contribution in [1.29, 1.82) is 0 Å². The van der Waals surface area contributed by atoms with Crippen LogP contribution in [-0.4, -0.2) is 26.7 Å². The number of aromatic nitrogens is 1. The molecular weight excluding hydrogens is 244 g/mol. The molecule has 1 N–H and O–H groups in total. The molecule has 2 rings (SSSR count). The maximum absolute atomic E-state index is 11.2. The average molecular weight is 260 g/mol. The molecule has 1 fully saturated rings. The fraction of sp³-hybridized carbons (Fsp3) is 0.700. The summed E-state index contributed by atoms with van der Waals surface area (Å²) < 4.78 is 22.4. The van der Waals surface area contributed by atoms with E-state index in [-0.39, 0.29) is 5.75 Å². The van der Waals surface area contributed by atoms with Crippen molar-refractivity contribution < 1.29 is 8.42 Å². The van der Waals surface area contributed by atoms with E-state index in [0.29, 0.717) is 5.92 Å². The minimum Gasteiger partial charge on any atom is -0.315 e. The molecular formula is C10H16N2O2S2. The molecule has 1 saturated carbocycles. The highest BCUT2D eigenvalue weighted by Crippen LogP contribution is 2.42. The molecule has 0 spiro atoms. The monoisotopic (exact) mass is 260 g/mol. The van der Waals surface area contributed by atoms with Gasteiger partial charge in [0.05, 0.1) is 5.69 Å². The fourth-order valence-electron chi connectivity index (χ4n) is 1.66. The zero-order chi connectivity index (χ0) is 11.8. The Morgan fingerprint density at radius 3 is 2.69 bits per heavy atom. The van der Waals surface area contributed by atoms with Crippen LogP contribution in [0.25, 0.3) is 0 Å². The predicted octanol–water partition coefficient (Wildman–Crippen LogP) is 1.28. The van der Waals surface area contributed by atoms with Gasteiger partial charge in [-0.15, -0.1) is 11.3 Å². The first-order valence-corrected chi connectivity index (χ1v) is 8.18. The van der Waals surface area contributed by atoms with Gasteiger partial charge in [-0.3, -0.25) is 0 Å². The average Bonchev–Trinajstić information content (AvgIpc) is 2.89. The lowest BCUT2D eigenvalue weighted by Gasteiger charge is -1.97. The summed E-state index contributed by atoms with van der Waals surface area (Å²) in [4.78, 5) is 5.67. The SMILES string of the molecule is CNCc1sc(CS(C)(=O)=O)nc1C1CC1. The zero-order valence-electron chi connectivity index (χ0n) is 9.49. The summed E-state index contributed by atoms with van der Waals surface area (Å²) in [5, 5.41) is 3.84. The normalized spacial score (nSPS) is 16.6. The molecule has 4 nitrogen and oxygen atoms in total. The van der Waals surface area contributed by atoms with E-state index in [1.54, 1.807) is 0 Å². The Morgan fingerprint density at radius 1 is 1.50 bits per heavy atom. The highest BCUT2D eigenvalue weighted by Gasteiger charge is 2.29. The summed E-state index contributed by atoms with van der Waals surface area (Å²) in [7, 11) is -1.08. The topological polar surface area (TPSA) is 59.1 Å². The van der Waals surface area contributed by atoms with Gasteiger partial charge in [-0.1, -0.05) is 0 Å². The van der Waals surface area contributed by atoms with Crippen LogP contribution in [0.5, 0.6) is 0 Å². The molecule has 6 heteroatoms. The molecule has 0 amide bonds. The fourth-order valence-corrected chi connectivity index (χ4v) is 4.02. The van der Waals surface area contributed by atoms with Crippen LogP contribution in [0.4, 0.5) is 0 Å². The van der Waals surface area contributed by atoms with Gasteiger partial charge in [0.15, 0.2) is 9.84 Å². The third-order valence-electron chi connectivity index (χ3n) is 2.46. The van der Waals surface area contributed by atoms with Crippen molar-refractivity contribution in [1.82, 2.24) is 10.3 Å². The van der Waals surface area contributed by atoms with Crippen LogP contribution in [0, 0.1) is 0 Å². The molecule has 0 aliphatic heterocycles. The number of sulfone groups is 1. The first-order valence-electron chi connectivity index (χ1n) is 5.30. The van der Waals surface area contributed by atoms with Crippen LogP contribution in [0.3, 0.4) is 0 Å². The number of rotatable bonds is 5.